The van der Waals surface area contributed by atoms with Crippen molar-refractivity contribution in [3.8, 4) is 0 Å². The highest BCUT2D eigenvalue weighted by Gasteiger charge is 2.44. The average Bonchev–Trinajstić information content (AvgIpc) is 3.25. The van der Waals surface area contributed by atoms with Gasteiger partial charge in [-0.3, -0.25) is 9.69 Å². The van der Waals surface area contributed by atoms with Crippen LogP contribution in [0.2, 0.25) is 0 Å². The van der Waals surface area contributed by atoms with Gasteiger partial charge in [0.1, 0.15) is 24.3 Å². The third kappa shape index (κ3) is 11.0. The zero-order chi connectivity index (χ0) is 43.6. The number of hydrogen-bond donors (Lipinski definition) is 2. The number of carbonyl (C=O) groups is 4. The largest absolute Gasteiger partial charge is 0.480 e. The normalized spacial score (nSPS) is 14.9. The van der Waals surface area contributed by atoms with Gasteiger partial charge >= 0.3 is 18.2 Å². The van der Waals surface area contributed by atoms with E-state index in [1.807, 2.05) is 123 Å². The van der Waals surface area contributed by atoms with E-state index in [-0.39, 0.29) is 31.9 Å². The monoisotopic (exact) mass is 841 g/mol. The first kappa shape index (κ1) is 44.5. The SMILES string of the molecule is CC(C)[C@@H](C(=O)N1Cc2ccccc2C[C@H]1C(=O)O)N(C[C@H](CSC(c1ccccc1)(c1ccccc1)c1ccccc1)NC(=O)OC(C)(C)C)C(=O)OCc1ccccc1. The van der Waals surface area contributed by atoms with Gasteiger partial charge in [-0.25, -0.2) is 14.4 Å². The fraction of sp³-hybridized carbons (Fsp3) is 0.320. The minimum absolute atomic E-state index is 0.0608. The van der Waals surface area contributed by atoms with E-state index < -0.39 is 58.5 Å². The Morgan fingerprint density at radius 1 is 0.754 bits per heavy atom. The van der Waals surface area contributed by atoms with Gasteiger partial charge in [0.15, 0.2) is 0 Å². The summed E-state index contributed by atoms with van der Waals surface area (Å²) in [5.74, 6) is -1.91. The van der Waals surface area contributed by atoms with Gasteiger partial charge in [0.2, 0.25) is 5.91 Å². The summed E-state index contributed by atoms with van der Waals surface area (Å²) in [6.45, 7) is 8.81. The van der Waals surface area contributed by atoms with Crippen LogP contribution in [0, 0.1) is 5.92 Å². The van der Waals surface area contributed by atoms with Gasteiger partial charge < -0.3 is 24.8 Å². The van der Waals surface area contributed by atoms with E-state index >= 15 is 4.79 Å². The summed E-state index contributed by atoms with van der Waals surface area (Å²) in [7, 11) is 0. The van der Waals surface area contributed by atoms with Gasteiger partial charge in [-0.2, -0.15) is 0 Å². The summed E-state index contributed by atoms with van der Waals surface area (Å²) in [5, 5.41) is 13.5. The predicted molar refractivity (Wildman–Crippen MR) is 239 cm³/mol. The van der Waals surface area contributed by atoms with E-state index in [1.165, 1.54) is 9.80 Å². The number of carbonyl (C=O) groups excluding carboxylic acids is 3. The molecule has 1 heterocycles. The van der Waals surface area contributed by atoms with Gasteiger partial charge in [-0.15, -0.1) is 11.8 Å². The molecule has 0 aromatic heterocycles. The van der Waals surface area contributed by atoms with Gasteiger partial charge in [0.25, 0.3) is 0 Å². The van der Waals surface area contributed by atoms with Crippen LogP contribution in [0.15, 0.2) is 146 Å². The van der Waals surface area contributed by atoms with Crippen molar-refractivity contribution >= 4 is 35.8 Å². The highest BCUT2D eigenvalue weighted by atomic mass is 32.2. The van der Waals surface area contributed by atoms with Crippen molar-refractivity contribution in [2.24, 2.45) is 5.92 Å². The zero-order valence-corrected chi connectivity index (χ0v) is 36.2. The maximum Gasteiger partial charge on any atom is 0.410 e. The quantitative estimate of drug-likeness (QED) is 0.100. The molecule has 0 spiro atoms. The molecular weight excluding hydrogens is 787 g/mol. The highest BCUT2D eigenvalue weighted by Crippen LogP contribution is 2.48. The molecule has 0 saturated carbocycles. The Bertz CT molecular complexity index is 2140. The lowest BCUT2D eigenvalue weighted by Gasteiger charge is -2.42. The standard InChI is InChI=1S/C50H55N3O7S/c1-35(2)44(45(54)52-31-38-23-19-18-22-37(38)30-43(52)46(55)56)53(48(58)59-33-36-20-10-6-11-21-36)32-42(51-47(57)60-49(3,4)5)34-61-50(39-24-12-7-13-25-39,40-26-14-8-15-27-40)41-28-16-9-17-29-41/h6-29,35,42-44H,30-34H2,1-5H3,(H,51,57)(H,55,56)/t42-,43+,44+/m1/s1. The number of amides is 3. The topological polar surface area (TPSA) is 125 Å². The van der Waals surface area contributed by atoms with Crippen LogP contribution in [-0.2, 0) is 43.4 Å². The maximum atomic E-state index is 15.0. The minimum atomic E-state index is -1.16. The van der Waals surface area contributed by atoms with Gasteiger partial charge in [-0.1, -0.05) is 159 Å². The van der Waals surface area contributed by atoms with Crippen LogP contribution in [0.5, 0.6) is 0 Å². The average molecular weight is 842 g/mol. The number of alkyl carbamates (subject to hydrolysis) is 1. The van der Waals surface area contributed by atoms with E-state index in [2.05, 4.69) is 41.7 Å². The number of rotatable bonds is 15. The molecule has 0 saturated heterocycles. The Balaban J connectivity index is 1.43. The second-order valence-electron chi connectivity index (χ2n) is 16.6. The number of thioether (sulfide) groups is 1. The van der Waals surface area contributed by atoms with E-state index in [9.17, 15) is 19.5 Å². The van der Waals surface area contributed by atoms with Crippen LogP contribution in [0.1, 0.15) is 68.0 Å². The molecular formula is C50H55N3O7S. The Hall–Kier alpha value is -6.07. The lowest BCUT2D eigenvalue weighted by atomic mass is 9.84. The summed E-state index contributed by atoms with van der Waals surface area (Å²) in [5.41, 5.74) is 4.64. The molecule has 11 heteroatoms. The molecule has 0 unspecified atom stereocenters. The number of aliphatic carboxylic acids is 1. The van der Waals surface area contributed by atoms with Gasteiger partial charge in [-0.05, 0) is 60.1 Å². The fourth-order valence-corrected chi connectivity index (χ4v) is 9.42. The van der Waals surface area contributed by atoms with Crippen molar-refractivity contribution < 1.29 is 33.8 Å². The second kappa shape index (κ2) is 20.0. The molecule has 5 aromatic rings. The minimum Gasteiger partial charge on any atom is -0.480 e. The fourth-order valence-electron chi connectivity index (χ4n) is 7.87. The summed E-state index contributed by atoms with van der Waals surface area (Å²) in [4.78, 5) is 59.0. The number of ether oxygens (including phenoxy) is 2. The molecule has 3 atom stereocenters. The molecule has 0 bridgehead atoms. The number of benzene rings is 5. The molecule has 6 rings (SSSR count). The number of carboxylic acids is 1. The van der Waals surface area contributed by atoms with E-state index in [1.54, 1.807) is 32.5 Å². The van der Waals surface area contributed by atoms with E-state index in [4.69, 9.17) is 9.47 Å². The van der Waals surface area contributed by atoms with E-state index in [0.717, 1.165) is 33.4 Å². The Labute approximate surface area is 363 Å². The van der Waals surface area contributed by atoms with Gasteiger partial charge in [0.05, 0.1) is 10.8 Å². The molecule has 2 N–H and O–H groups in total. The molecule has 1 aliphatic heterocycles. The molecule has 61 heavy (non-hydrogen) atoms. The number of hydrogen-bond acceptors (Lipinski definition) is 7. The number of nitrogens with zero attached hydrogens (tertiary/aromatic N) is 2. The molecule has 3 amide bonds. The summed E-state index contributed by atoms with van der Waals surface area (Å²) in [6.07, 6.45) is -1.34. The predicted octanol–water partition coefficient (Wildman–Crippen LogP) is 9.31. The second-order valence-corrected chi connectivity index (χ2v) is 17.8. The summed E-state index contributed by atoms with van der Waals surface area (Å²) in [6, 6.07) is 44.0. The first-order valence-electron chi connectivity index (χ1n) is 20.6. The number of carboxylic acid groups (broad SMARTS) is 1. The van der Waals surface area contributed by atoms with Crippen molar-refractivity contribution in [2.75, 3.05) is 12.3 Å². The molecule has 0 aliphatic carbocycles. The van der Waals surface area contributed by atoms with Crippen LogP contribution in [-0.4, -0.2) is 75.0 Å². The third-order valence-corrected chi connectivity index (χ3v) is 12.4. The Kier molecular flexibility index (Phi) is 14.6. The van der Waals surface area contributed by atoms with Crippen molar-refractivity contribution in [2.45, 2.75) is 82.7 Å². The Morgan fingerprint density at radius 2 is 1.25 bits per heavy atom. The van der Waals surface area contributed by atoms with Crippen LogP contribution in [0.3, 0.4) is 0 Å². The van der Waals surface area contributed by atoms with Crippen molar-refractivity contribution in [1.29, 1.82) is 0 Å². The molecule has 1 aliphatic rings. The first-order chi connectivity index (χ1) is 29.3. The molecule has 318 valence electrons. The molecule has 0 radical (unpaired) electrons. The van der Waals surface area contributed by atoms with Gasteiger partial charge in [0, 0.05) is 25.3 Å². The molecule has 5 aromatic carbocycles. The van der Waals surface area contributed by atoms with Crippen LogP contribution in [0.4, 0.5) is 9.59 Å². The summed E-state index contributed by atoms with van der Waals surface area (Å²) >= 11 is 1.59. The molecule has 0 fully saturated rings. The lowest BCUT2D eigenvalue weighted by Crippen LogP contribution is -2.60. The number of nitrogens with one attached hydrogen (secondary N) is 1. The maximum absolute atomic E-state index is 15.0. The van der Waals surface area contributed by atoms with Crippen molar-refractivity contribution in [3.05, 3.63) is 179 Å². The van der Waals surface area contributed by atoms with Crippen LogP contribution in [0.25, 0.3) is 0 Å². The van der Waals surface area contributed by atoms with Crippen molar-refractivity contribution in [3.63, 3.8) is 0 Å². The van der Waals surface area contributed by atoms with Crippen LogP contribution < -0.4 is 5.32 Å². The molecule has 10 nitrogen and oxygen atoms in total. The third-order valence-electron chi connectivity index (χ3n) is 10.7. The van der Waals surface area contributed by atoms with Crippen LogP contribution >= 0.6 is 11.8 Å². The Morgan fingerprint density at radius 3 is 1.74 bits per heavy atom. The first-order valence-corrected chi connectivity index (χ1v) is 21.6. The van der Waals surface area contributed by atoms with E-state index in [0.29, 0.717) is 0 Å². The van der Waals surface area contributed by atoms with Crippen molar-refractivity contribution in [1.82, 2.24) is 15.1 Å². The smallest absolute Gasteiger partial charge is 0.410 e. The lowest BCUT2D eigenvalue weighted by molar-refractivity contribution is -0.154. The highest BCUT2D eigenvalue weighted by molar-refractivity contribution is 8.00. The zero-order valence-electron chi connectivity index (χ0n) is 35.4. The summed E-state index contributed by atoms with van der Waals surface area (Å²) < 4.78 is 11.0. The number of fused-ring (bicyclic) bond motifs is 1.